The molecule has 0 bridgehead atoms. The summed E-state index contributed by atoms with van der Waals surface area (Å²) in [5.41, 5.74) is 2.50. The number of fused-ring (bicyclic) bond motifs is 1. The number of amides is 1. The van der Waals surface area contributed by atoms with Gasteiger partial charge in [0.25, 0.3) is 11.3 Å². The highest BCUT2D eigenvalue weighted by Crippen LogP contribution is 2.47. The molecule has 1 amide bonds. The van der Waals surface area contributed by atoms with Crippen molar-refractivity contribution in [3.05, 3.63) is 50.9 Å². The molecule has 4 rings (SSSR count). The molecule has 0 radical (unpaired) electrons. The standard InChI is InChI=1S/C22H23N3O4/c1-13-16(14(2)24-21(27)17(13)12-23)6-8-20(26)25-15-5-7-18-19(11-15)29-22(28-18)9-3-4-10-22/h5,7,11H,3-4,6,8-10H2,1-2H3,(H,24,27)(H,25,26). The third kappa shape index (κ3) is 3.58. The Balaban J connectivity index is 1.42. The molecule has 2 N–H and O–H groups in total. The highest BCUT2D eigenvalue weighted by molar-refractivity contribution is 5.91. The molecule has 150 valence electrons. The molecule has 1 fully saturated rings. The summed E-state index contributed by atoms with van der Waals surface area (Å²) in [7, 11) is 0. The Labute approximate surface area is 168 Å². The highest BCUT2D eigenvalue weighted by Gasteiger charge is 2.44. The number of nitriles is 1. The number of hydrogen-bond donors (Lipinski definition) is 2. The summed E-state index contributed by atoms with van der Waals surface area (Å²) >= 11 is 0. The van der Waals surface area contributed by atoms with Crippen LogP contribution in [0.1, 0.15) is 54.5 Å². The maximum atomic E-state index is 12.5. The van der Waals surface area contributed by atoms with Crippen molar-refractivity contribution in [2.75, 3.05) is 5.32 Å². The molecule has 0 saturated heterocycles. The Kier molecular flexibility index (Phi) is 4.79. The monoisotopic (exact) mass is 393 g/mol. The molecule has 1 aromatic heterocycles. The van der Waals surface area contributed by atoms with Gasteiger partial charge in [0, 0.05) is 36.7 Å². The second-order valence-electron chi connectivity index (χ2n) is 7.70. The summed E-state index contributed by atoms with van der Waals surface area (Å²) in [6.45, 7) is 3.52. The molecule has 1 spiro atoms. The summed E-state index contributed by atoms with van der Waals surface area (Å²) < 4.78 is 12.0. The fourth-order valence-electron chi connectivity index (χ4n) is 4.17. The second-order valence-corrected chi connectivity index (χ2v) is 7.70. The maximum absolute atomic E-state index is 12.5. The van der Waals surface area contributed by atoms with Crippen molar-refractivity contribution in [1.29, 1.82) is 5.26 Å². The fourth-order valence-corrected chi connectivity index (χ4v) is 4.17. The van der Waals surface area contributed by atoms with Crippen molar-refractivity contribution in [2.45, 2.75) is 58.2 Å². The smallest absolute Gasteiger partial charge is 0.266 e. The third-order valence-corrected chi connectivity index (χ3v) is 5.71. The van der Waals surface area contributed by atoms with Gasteiger partial charge in [0.15, 0.2) is 11.5 Å². The normalized spacial score (nSPS) is 16.0. The van der Waals surface area contributed by atoms with Gasteiger partial charge >= 0.3 is 0 Å². The van der Waals surface area contributed by atoms with Crippen molar-refractivity contribution >= 4 is 11.6 Å². The predicted octanol–water partition coefficient (Wildman–Crippen LogP) is 3.48. The average molecular weight is 393 g/mol. The number of carbonyl (C=O) groups is 1. The molecule has 1 aliphatic carbocycles. The third-order valence-electron chi connectivity index (χ3n) is 5.71. The quantitative estimate of drug-likeness (QED) is 0.828. The van der Waals surface area contributed by atoms with Crippen LogP contribution in [0, 0.1) is 25.2 Å². The van der Waals surface area contributed by atoms with Crippen LogP contribution < -0.4 is 20.3 Å². The van der Waals surface area contributed by atoms with Crippen LogP contribution >= 0.6 is 0 Å². The number of nitrogens with zero attached hydrogens (tertiary/aromatic N) is 1. The minimum absolute atomic E-state index is 0.0996. The largest absolute Gasteiger partial charge is 0.448 e. The summed E-state index contributed by atoms with van der Waals surface area (Å²) in [4.78, 5) is 27.0. The number of carbonyl (C=O) groups excluding carboxylic acids is 1. The molecule has 1 aromatic carbocycles. The number of benzene rings is 1. The first-order valence-electron chi connectivity index (χ1n) is 9.85. The number of rotatable bonds is 4. The Bertz CT molecular complexity index is 1070. The van der Waals surface area contributed by atoms with Crippen LogP contribution in [0.4, 0.5) is 5.69 Å². The van der Waals surface area contributed by atoms with E-state index in [1.807, 2.05) is 12.1 Å². The molecular weight excluding hydrogens is 370 g/mol. The van der Waals surface area contributed by atoms with Crippen molar-refractivity contribution in [3.63, 3.8) is 0 Å². The zero-order valence-corrected chi connectivity index (χ0v) is 16.6. The van der Waals surface area contributed by atoms with Crippen LogP contribution in [0.2, 0.25) is 0 Å². The van der Waals surface area contributed by atoms with Gasteiger partial charge in [-0.3, -0.25) is 9.59 Å². The zero-order valence-electron chi connectivity index (χ0n) is 16.6. The first kappa shape index (κ1) is 19.1. The number of H-pyrrole nitrogens is 1. The number of anilines is 1. The van der Waals surface area contributed by atoms with Crippen LogP contribution in [0.25, 0.3) is 0 Å². The first-order valence-corrected chi connectivity index (χ1v) is 9.85. The van der Waals surface area contributed by atoms with E-state index in [-0.39, 0.29) is 17.9 Å². The van der Waals surface area contributed by atoms with Gasteiger partial charge in [-0.15, -0.1) is 0 Å². The predicted molar refractivity (Wildman–Crippen MR) is 107 cm³/mol. The topological polar surface area (TPSA) is 104 Å². The summed E-state index contributed by atoms with van der Waals surface area (Å²) in [6.07, 6.45) is 4.61. The molecule has 2 aromatic rings. The van der Waals surface area contributed by atoms with E-state index >= 15 is 0 Å². The SMILES string of the molecule is Cc1[nH]c(=O)c(C#N)c(C)c1CCC(=O)Nc1ccc2c(c1)OC1(CCCC1)O2. The minimum Gasteiger partial charge on any atom is -0.448 e. The van der Waals surface area contributed by atoms with Gasteiger partial charge in [-0.1, -0.05) is 0 Å². The van der Waals surface area contributed by atoms with Gasteiger partial charge in [-0.25, -0.2) is 0 Å². The van der Waals surface area contributed by atoms with Crippen LogP contribution in [0.5, 0.6) is 11.5 Å². The van der Waals surface area contributed by atoms with Gasteiger partial charge in [0.1, 0.15) is 11.6 Å². The molecule has 7 heteroatoms. The van der Waals surface area contributed by atoms with E-state index in [1.54, 1.807) is 26.0 Å². The minimum atomic E-state index is -0.525. The van der Waals surface area contributed by atoms with Crippen molar-refractivity contribution in [2.24, 2.45) is 0 Å². The Hall–Kier alpha value is -3.27. The van der Waals surface area contributed by atoms with E-state index in [0.29, 0.717) is 34.9 Å². The number of ether oxygens (including phenoxy) is 2. The molecule has 0 unspecified atom stereocenters. The lowest BCUT2D eigenvalue weighted by molar-refractivity contribution is -0.116. The van der Waals surface area contributed by atoms with Crippen LogP contribution in [-0.2, 0) is 11.2 Å². The number of aromatic nitrogens is 1. The molecule has 29 heavy (non-hydrogen) atoms. The Morgan fingerprint density at radius 1 is 1.24 bits per heavy atom. The van der Waals surface area contributed by atoms with Crippen LogP contribution in [0.15, 0.2) is 23.0 Å². The lowest BCUT2D eigenvalue weighted by Gasteiger charge is -2.21. The van der Waals surface area contributed by atoms with E-state index in [9.17, 15) is 9.59 Å². The molecule has 0 atom stereocenters. The number of aromatic amines is 1. The molecule has 2 aliphatic rings. The van der Waals surface area contributed by atoms with Crippen molar-refractivity contribution in [1.82, 2.24) is 4.98 Å². The summed E-state index contributed by atoms with van der Waals surface area (Å²) in [6, 6.07) is 7.36. The zero-order chi connectivity index (χ0) is 20.6. The summed E-state index contributed by atoms with van der Waals surface area (Å²) in [5.74, 6) is 0.704. The van der Waals surface area contributed by atoms with Crippen molar-refractivity contribution < 1.29 is 14.3 Å². The molecule has 1 aliphatic heterocycles. The number of hydrogen-bond acceptors (Lipinski definition) is 5. The summed E-state index contributed by atoms with van der Waals surface area (Å²) in [5, 5.41) is 12.1. The highest BCUT2D eigenvalue weighted by atomic mass is 16.7. The number of aryl methyl sites for hydroxylation is 1. The Morgan fingerprint density at radius 2 is 1.97 bits per heavy atom. The lowest BCUT2D eigenvalue weighted by atomic mass is 9.99. The molecule has 7 nitrogen and oxygen atoms in total. The van der Waals surface area contributed by atoms with Crippen molar-refractivity contribution in [3.8, 4) is 17.6 Å². The maximum Gasteiger partial charge on any atom is 0.266 e. The lowest BCUT2D eigenvalue weighted by Crippen LogP contribution is -2.34. The Morgan fingerprint density at radius 3 is 2.69 bits per heavy atom. The fraction of sp³-hybridized carbons (Fsp3) is 0.409. The molecule has 1 saturated carbocycles. The van der Waals surface area contributed by atoms with Gasteiger partial charge in [-0.2, -0.15) is 5.26 Å². The molecular formula is C22H23N3O4. The van der Waals surface area contributed by atoms with E-state index in [2.05, 4.69) is 10.3 Å². The van der Waals surface area contributed by atoms with E-state index in [0.717, 1.165) is 31.2 Å². The number of pyridine rings is 1. The second kappa shape index (κ2) is 7.28. The van der Waals surface area contributed by atoms with Gasteiger partial charge in [-0.05, 0) is 56.4 Å². The van der Waals surface area contributed by atoms with Crippen LogP contribution in [0.3, 0.4) is 0 Å². The van der Waals surface area contributed by atoms with Gasteiger partial charge in [0.2, 0.25) is 5.91 Å². The first-order chi connectivity index (χ1) is 13.9. The van der Waals surface area contributed by atoms with E-state index in [4.69, 9.17) is 14.7 Å². The van der Waals surface area contributed by atoms with E-state index < -0.39 is 11.3 Å². The van der Waals surface area contributed by atoms with E-state index in [1.165, 1.54) is 0 Å². The molecule has 2 heterocycles. The number of nitrogens with one attached hydrogen (secondary N) is 2. The van der Waals surface area contributed by atoms with Gasteiger partial charge < -0.3 is 19.8 Å². The van der Waals surface area contributed by atoms with Gasteiger partial charge in [0.05, 0.1) is 0 Å². The average Bonchev–Trinajstić information content (AvgIpc) is 3.27. The van der Waals surface area contributed by atoms with Crippen LogP contribution in [-0.4, -0.2) is 16.7 Å².